The van der Waals surface area contributed by atoms with E-state index in [4.69, 9.17) is 9.47 Å². The molecule has 0 saturated heterocycles. The van der Waals surface area contributed by atoms with Gasteiger partial charge in [0.2, 0.25) is 5.91 Å². The SMILES string of the molecule is COc1ccc(/C(C)=N\NC(=O)[C@H]2CC23CCC3)c(OC)c1. The lowest BCUT2D eigenvalue weighted by atomic mass is 9.80. The van der Waals surface area contributed by atoms with Crippen molar-refractivity contribution in [3.8, 4) is 11.5 Å². The van der Waals surface area contributed by atoms with Crippen LogP contribution < -0.4 is 14.9 Å². The Kier molecular flexibility index (Phi) is 3.81. The van der Waals surface area contributed by atoms with Crippen molar-refractivity contribution in [2.75, 3.05) is 14.2 Å². The Labute approximate surface area is 130 Å². The van der Waals surface area contributed by atoms with Crippen LogP contribution in [0, 0.1) is 11.3 Å². The molecule has 118 valence electrons. The van der Waals surface area contributed by atoms with Gasteiger partial charge in [-0.3, -0.25) is 4.79 Å². The zero-order valence-electron chi connectivity index (χ0n) is 13.3. The molecular formula is C17H22N2O3. The largest absolute Gasteiger partial charge is 0.497 e. The molecule has 2 aliphatic rings. The van der Waals surface area contributed by atoms with Gasteiger partial charge in [-0.15, -0.1) is 0 Å². The lowest BCUT2D eigenvalue weighted by Gasteiger charge is -2.25. The number of hydrogen-bond acceptors (Lipinski definition) is 4. The van der Waals surface area contributed by atoms with E-state index >= 15 is 0 Å². The molecule has 0 heterocycles. The number of benzene rings is 1. The smallest absolute Gasteiger partial charge is 0.243 e. The van der Waals surface area contributed by atoms with E-state index in [9.17, 15) is 4.79 Å². The monoisotopic (exact) mass is 302 g/mol. The second kappa shape index (κ2) is 5.63. The lowest BCUT2D eigenvalue weighted by molar-refractivity contribution is -0.123. The number of hydrazone groups is 1. The van der Waals surface area contributed by atoms with Crippen LogP contribution in [0.4, 0.5) is 0 Å². The van der Waals surface area contributed by atoms with Gasteiger partial charge in [0.1, 0.15) is 11.5 Å². The Hall–Kier alpha value is -2.04. The Morgan fingerprint density at radius 1 is 1.32 bits per heavy atom. The number of ether oxygens (including phenoxy) is 2. The number of methoxy groups -OCH3 is 2. The zero-order chi connectivity index (χ0) is 15.7. The topological polar surface area (TPSA) is 59.9 Å². The molecule has 1 spiro atoms. The molecule has 2 aliphatic carbocycles. The van der Waals surface area contributed by atoms with E-state index < -0.39 is 0 Å². The number of carbonyl (C=O) groups excluding carboxylic acids is 1. The van der Waals surface area contributed by atoms with Gasteiger partial charge in [-0.25, -0.2) is 5.43 Å². The molecule has 3 rings (SSSR count). The molecule has 1 aromatic rings. The first-order chi connectivity index (χ1) is 10.6. The van der Waals surface area contributed by atoms with Gasteiger partial charge in [0, 0.05) is 17.5 Å². The first-order valence-corrected chi connectivity index (χ1v) is 7.66. The molecule has 22 heavy (non-hydrogen) atoms. The van der Waals surface area contributed by atoms with Crippen molar-refractivity contribution in [3.63, 3.8) is 0 Å². The summed E-state index contributed by atoms with van der Waals surface area (Å²) >= 11 is 0. The highest BCUT2D eigenvalue weighted by molar-refractivity contribution is 6.02. The van der Waals surface area contributed by atoms with E-state index in [1.54, 1.807) is 20.3 Å². The zero-order valence-corrected chi connectivity index (χ0v) is 13.3. The Morgan fingerprint density at radius 2 is 2.09 bits per heavy atom. The molecular weight excluding hydrogens is 280 g/mol. The van der Waals surface area contributed by atoms with Gasteiger partial charge in [0.15, 0.2) is 0 Å². The molecule has 1 amide bonds. The third kappa shape index (κ3) is 2.56. The number of hydrogen-bond donors (Lipinski definition) is 1. The second-order valence-corrected chi connectivity index (χ2v) is 6.21. The summed E-state index contributed by atoms with van der Waals surface area (Å²) in [6, 6.07) is 5.54. The van der Waals surface area contributed by atoms with Crippen LogP contribution in [0.5, 0.6) is 11.5 Å². The maximum Gasteiger partial charge on any atom is 0.243 e. The molecule has 1 aromatic carbocycles. The van der Waals surface area contributed by atoms with Crippen LogP contribution >= 0.6 is 0 Å². The van der Waals surface area contributed by atoms with Gasteiger partial charge >= 0.3 is 0 Å². The average Bonchev–Trinajstić information content (AvgIpc) is 3.27. The summed E-state index contributed by atoms with van der Waals surface area (Å²) in [4.78, 5) is 12.1. The normalized spacial score (nSPS) is 22.0. The third-order valence-corrected chi connectivity index (χ3v) is 4.99. The predicted molar refractivity (Wildman–Crippen MR) is 84.3 cm³/mol. The van der Waals surface area contributed by atoms with Gasteiger partial charge in [-0.1, -0.05) is 6.42 Å². The van der Waals surface area contributed by atoms with E-state index in [0.717, 1.165) is 23.4 Å². The molecule has 1 atom stereocenters. The summed E-state index contributed by atoms with van der Waals surface area (Å²) in [6.07, 6.45) is 4.68. The second-order valence-electron chi connectivity index (χ2n) is 6.21. The van der Waals surface area contributed by atoms with Crippen molar-refractivity contribution in [1.29, 1.82) is 0 Å². The summed E-state index contributed by atoms with van der Waals surface area (Å²) in [6.45, 7) is 1.86. The van der Waals surface area contributed by atoms with Crippen molar-refractivity contribution >= 4 is 11.6 Å². The Bertz CT molecular complexity index is 620. The fourth-order valence-corrected chi connectivity index (χ4v) is 3.28. The molecule has 5 heteroatoms. The van der Waals surface area contributed by atoms with Crippen LogP contribution in [-0.2, 0) is 4.79 Å². The fraction of sp³-hybridized carbons (Fsp3) is 0.529. The lowest BCUT2D eigenvalue weighted by Crippen LogP contribution is -2.26. The number of nitrogens with zero attached hydrogens (tertiary/aromatic N) is 1. The van der Waals surface area contributed by atoms with E-state index in [1.807, 2.05) is 19.1 Å². The number of rotatable bonds is 5. The summed E-state index contributed by atoms with van der Waals surface area (Å²) < 4.78 is 10.5. The molecule has 1 N–H and O–H groups in total. The van der Waals surface area contributed by atoms with Crippen LogP contribution in [0.15, 0.2) is 23.3 Å². The molecule has 0 aliphatic heterocycles. The van der Waals surface area contributed by atoms with E-state index in [-0.39, 0.29) is 11.8 Å². The van der Waals surface area contributed by atoms with E-state index in [1.165, 1.54) is 19.3 Å². The van der Waals surface area contributed by atoms with Crippen LogP contribution in [0.2, 0.25) is 0 Å². The maximum atomic E-state index is 12.1. The van der Waals surface area contributed by atoms with Gasteiger partial charge in [0.05, 0.1) is 19.9 Å². The highest BCUT2D eigenvalue weighted by Gasteiger charge is 2.60. The molecule has 2 saturated carbocycles. The molecule has 2 fully saturated rings. The summed E-state index contributed by atoms with van der Waals surface area (Å²) in [5, 5.41) is 4.24. The first kappa shape index (κ1) is 14.9. The van der Waals surface area contributed by atoms with Gasteiger partial charge < -0.3 is 9.47 Å². The van der Waals surface area contributed by atoms with Gasteiger partial charge in [-0.2, -0.15) is 5.10 Å². The summed E-state index contributed by atoms with van der Waals surface area (Å²) in [5.74, 6) is 1.61. The minimum Gasteiger partial charge on any atom is -0.497 e. The number of nitrogens with one attached hydrogen (secondary N) is 1. The van der Waals surface area contributed by atoms with Crippen molar-refractivity contribution < 1.29 is 14.3 Å². The number of amides is 1. The van der Waals surface area contributed by atoms with Crippen LogP contribution in [0.3, 0.4) is 0 Å². The summed E-state index contributed by atoms with van der Waals surface area (Å²) in [5.41, 5.74) is 4.60. The molecule has 0 bridgehead atoms. The molecule has 0 aromatic heterocycles. The van der Waals surface area contributed by atoms with Crippen LogP contribution in [0.1, 0.15) is 38.2 Å². The minimum absolute atomic E-state index is 0.0477. The predicted octanol–water partition coefficient (Wildman–Crippen LogP) is 2.73. The van der Waals surface area contributed by atoms with Crippen molar-refractivity contribution in [1.82, 2.24) is 5.43 Å². The van der Waals surface area contributed by atoms with Crippen molar-refractivity contribution in [2.45, 2.75) is 32.6 Å². The first-order valence-electron chi connectivity index (χ1n) is 7.66. The Morgan fingerprint density at radius 3 is 2.64 bits per heavy atom. The highest BCUT2D eigenvalue weighted by Crippen LogP contribution is 2.65. The van der Waals surface area contributed by atoms with Crippen LogP contribution in [0.25, 0.3) is 0 Å². The van der Waals surface area contributed by atoms with Crippen LogP contribution in [-0.4, -0.2) is 25.8 Å². The van der Waals surface area contributed by atoms with Gasteiger partial charge in [-0.05, 0) is 43.7 Å². The number of carbonyl (C=O) groups is 1. The highest BCUT2D eigenvalue weighted by atomic mass is 16.5. The minimum atomic E-state index is 0.0477. The Balaban J connectivity index is 1.68. The van der Waals surface area contributed by atoms with Gasteiger partial charge in [0.25, 0.3) is 0 Å². The quantitative estimate of drug-likeness (QED) is 0.672. The maximum absolute atomic E-state index is 12.1. The third-order valence-electron chi connectivity index (χ3n) is 4.99. The van der Waals surface area contributed by atoms with Crippen molar-refractivity contribution in [2.24, 2.45) is 16.4 Å². The van der Waals surface area contributed by atoms with E-state index in [2.05, 4.69) is 10.5 Å². The average molecular weight is 302 g/mol. The van der Waals surface area contributed by atoms with E-state index in [0.29, 0.717) is 11.2 Å². The molecule has 0 unspecified atom stereocenters. The summed E-state index contributed by atoms with van der Waals surface area (Å²) in [7, 11) is 3.22. The van der Waals surface area contributed by atoms with Crippen molar-refractivity contribution in [3.05, 3.63) is 23.8 Å². The molecule has 5 nitrogen and oxygen atoms in total. The molecule has 0 radical (unpaired) electrons. The standard InChI is InChI=1S/C17H22N2O3/c1-11(13-6-5-12(21-2)9-15(13)22-3)18-19-16(20)14-10-17(14)7-4-8-17/h5-6,9,14H,4,7-8,10H2,1-3H3,(H,19,20)/b18-11-/t14-/m1/s1. The fourth-order valence-electron chi connectivity index (χ4n) is 3.28.